The molecule has 1 saturated heterocycles. The van der Waals surface area contributed by atoms with Crippen molar-refractivity contribution in [3.05, 3.63) is 18.0 Å². The number of carbonyl (C=O) groups is 1. The van der Waals surface area contributed by atoms with Crippen LogP contribution in [0.2, 0.25) is 0 Å². The molecular weight excluding hydrogens is 254 g/mol. The molecule has 2 rings (SSSR count). The second kappa shape index (κ2) is 6.37. The zero-order valence-corrected chi connectivity index (χ0v) is 12.6. The Hall–Kier alpha value is -1.40. The second-order valence-corrected chi connectivity index (χ2v) is 5.96. The number of carbonyl (C=O) groups excluding carboxylic acids is 1. The van der Waals surface area contributed by atoms with Gasteiger partial charge in [-0.1, -0.05) is 0 Å². The van der Waals surface area contributed by atoms with E-state index in [-0.39, 0.29) is 11.8 Å². The van der Waals surface area contributed by atoms with E-state index >= 15 is 0 Å². The van der Waals surface area contributed by atoms with Gasteiger partial charge in [0.2, 0.25) is 5.91 Å². The van der Waals surface area contributed by atoms with Crippen LogP contribution in [0, 0.1) is 5.92 Å². The summed E-state index contributed by atoms with van der Waals surface area (Å²) in [6, 6.07) is 2.40. The summed E-state index contributed by atoms with van der Waals surface area (Å²) in [6.45, 7) is 8.44. The molecule has 112 valence electrons. The Morgan fingerprint density at radius 2 is 2.20 bits per heavy atom. The molecule has 1 atom stereocenters. The number of amides is 1. The Kier molecular flexibility index (Phi) is 4.77. The summed E-state index contributed by atoms with van der Waals surface area (Å²) in [5.41, 5.74) is 6.69. The van der Waals surface area contributed by atoms with Crippen LogP contribution in [0.4, 0.5) is 0 Å². The minimum atomic E-state index is -0.207. The molecule has 0 bridgehead atoms. The second-order valence-electron chi connectivity index (χ2n) is 5.96. The number of nitrogens with zero attached hydrogens (tertiary/aromatic N) is 4. The van der Waals surface area contributed by atoms with Crippen molar-refractivity contribution in [2.24, 2.45) is 11.7 Å². The molecule has 2 N–H and O–H groups in total. The predicted molar refractivity (Wildman–Crippen MR) is 78.1 cm³/mol. The average molecular weight is 279 g/mol. The maximum Gasteiger partial charge on any atom is 0.223 e. The minimum Gasteiger partial charge on any atom is -0.369 e. The molecule has 1 aliphatic rings. The lowest BCUT2D eigenvalue weighted by atomic mass is 10.1. The molecule has 0 spiro atoms. The third-order valence-electron chi connectivity index (χ3n) is 3.84. The Morgan fingerprint density at radius 1 is 1.45 bits per heavy atom. The van der Waals surface area contributed by atoms with Crippen molar-refractivity contribution in [3.63, 3.8) is 0 Å². The third kappa shape index (κ3) is 3.58. The largest absolute Gasteiger partial charge is 0.369 e. The predicted octanol–water partition coefficient (Wildman–Crippen LogP) is 0.313. The lowest BCUT2D eigenvalue weighted by Crippen LogP contribution is -2.37. The molecule has 0 radical (unpaired) electrons. The van der Waals surface area contributed by atoms with E-state index in [9.17, 15) is 4.79 Å². The highest BCUT2D eigenvalue weighted by Gasteiger charge is 2.25. The quantitative estimate of drug-likeness (QED) is 0.861. The Labute approximate surface area is 120 Å². The average Bonchev–Trinajstić information content (AvgIpc) is 2.74. The van der Waals surface area contributed by atoms with Gasteiger partial charge >= 0.3 is 0 Å². The molecule has 6 heteroatoms. The van der Waals surface area contributed by atoms with Gasteiger partial charge in [0.25, 0.3) is 0 Å². The van der Waals surface area contributed by atoms with Crippen molar-refractivity contribution in [2.75, 3.05) is 33.2 Å². The van der Waals surface area contributed by atoms with Gasteiger partial charge in [-0.05, 0) is 27.0 Å². The topological polar surface area (TPSA) is 67.4 Å². The minimum absolute atomic E-state index is 0.0991. The van der Waals surface area contributed by atoms with E-state index in [1.54, 1.807) is 0 Å². The number of primary amides is 1. The first kappa shape index (κ1) is 15.0. The number of likely N-dealkylation sites (N-methyl/N-ethyl adjacent to an activating group) is 1. The molecule has 1 aromatic heterocycles. The maximum absolute atomic E-state index is 11.5. The fourth-order valence-electron chi connectivity index (χ4n) is 2.72. The molecule has 20 heavy (non-hydrogen) atoms. The normalized spacial score (nSPS) is 22.1. The third-order valence-corrected chi connectivity index (χ3v) is 3.84. The molecule has 1 aromatic rings. The zero-order chi connectivity index (χ0) is 14.7. The molecule has 1 fully saturated rings. The standard InChI is InChI=1S/C14H25N5O/c1-11(2)19-13(4-5-16-19)10-18-7-6-17(3)8-12(9-18)14(15)20/h4-5,11-12H,6-10H2,1-3H3,(H2,15,20). The number of aromatic nitrogens is 2. The van der Waals surface area contributed by atoms with Crippen LogP contribution in [-0.2, 0) is 11.3 Å². The van der Waals surface area contributed by atoms with Crippen molar-refractivity contribution in [1.29, 1.82) is 0 Å². The van der Waals surface area contributed by atoms with Gasteiger partial charge in [0.05, 0.1) is 11.6 Å². The van der Waals surface area contributed by atoms with E-state index < -0.39 is 0 Å². The number of nitrogens with two attached hydrogens (primary N) is 1. The van der Waals surface area contributed by atoms with Gasteiger partial charge in [0.15, 0.2) is 0 Å². The van der Waals surface area contributed by atoms with Crippen molar-refractivity contribution < 1.29 is 4.79 Å². The fraction of sp³-hybridized carbons (Fsp3) is 0.714. The van der Waals surface area contributed by atoms with E-state index in [1.807, 2.05) is 24.0 Å². The van der Waals surface area contributed by atoms with E-state index in [1.165, 1.54) is 5.69 Å². The van der Waals surface area contributed by atoms with E-state index in [0.29, 0.717) is 6.04 Å². The summed E-state index contributed by atoms with van der Waals surface area (Å²) in [5.74, 6) is -0.306. The summed E-state index contributed by atoms with van der Waals surface area (Å²) < 4.78 is 2.04. The van der Waals surface area contributed by atoms with Crippen LogP contribution in [-0.4, -0.2) is 58.7 Å². The van der Waals surface area contributed by atoms with Gasteiger partial charge < -0.3 is 10.6 Å². The molecule has 0 saturated carbocycles. The number of hydrogen-bond donors (Lipinski definition) is 1. The highest BCUT2D eigenvalue weighted by molar-refractivity contribution is 5.77. The SMILES string of the molecule is CC(C)n1nccc1CN1CCN(C)CC(C(N)=O)C1. The molecule has 0 aliphatic carbocycles. The van der Waals surface area contributed by atoms with Gasteiger partial charge in [-0.2, -0.15) is 5.10 Å². The molecule has 1 unspecified atom stereocenters. The van der Waals surface area contributed by atoms with Gasteiger partial charge in [-0.15, -0.1) is 0 Å². The van der Waals surface area contributed by atoms with Crippen molar-refractivity contribution in [1.82, 2.24) is 19.6 Å². The van der Waals surface area contributed by atoms with Crippen LogP contribution in [0.15, 0.2) is 12.3 Å². The van der Waals surface area contributed by atoms with Crippen molar-refractivity contribution in [2.45, 2.75) is 26.4 Å². The summed E-state index contributed by atoms with van der Waals surface area (Å²) in [6.07, 6.45) is 1.84. The summed E-state index contributed by atoms with van der Waals surface area (Å²) in [7, 11) is 2.04. The molecule has 2 heterocycles. The molecule has 1 amide bonds. The first-order chi connectivity index (χ1) is 9.47. The summed E-state index contributed by atoms with van der Waals surface area (Å²) in [4.78, 5) is 16.0. The highest BCUT2D eigenvalue weighted by Crippen LogP contribution is 2.14. The van der Waals surface area contributed by atoms with E-state index in [2.05, 4.69) is 28.7 Å². The van der Waals surface area contributed by atoms with Crippen molar-refractivity contribution >= 4 is 5.91 Å². The number of rotatable bonds is 4. The van der Waals surface area contributed by atoms with Crippen LogP contribution in [0.3, 0.4) is 0 Å². The molecular formula is C14H25N5O. The van der Waals surface area contributed by atoms with Crippen LogP contribution in [0.1, 0.15) is 25.6 Å². The van der Waals surface area contributed by atoms with Crippen LogP contribution >= 0.6 is 0 Å². The Bertz CT molecular complexity index is 456. The Morgan fingerprint density at radius 3 is 2.85 bits per heavy atom. The first-order valence-electron chi connectivity index (χ1n) is 7.20. The molecule has 6 nitrogen and oxygen atoms in total. The zero-order valence-electron chi connectivity index (χ0n) is 12.6. The van der Waals surface area contributed by atoms with E-state index in [4.69, 9.17) is 5.73 Å². The van der Waals surface area contributed by atoms with Gasteiger partial charge in [-0.3, -0.25) is 14.4 Å². The van der Waals surface area contributed by atoms with Gasteiger partial charge in [0, 0.05) is 45.0 Å². The molecule has 0 aromatic carbocycles. The van der Waals surface area contributed by atoms with Crippen LogP contribution < -0.4 is 5.73 Å². The summed E-state index contributed by atoms with van der Waals surface area (Å²) >= 11 is 0. The highest BCUT2D eigenvalue weighted by atomic mass is 16.1. The van der Waals surface area contributed by atoms with E-state index in [0.717, 1.165) is 32.7 Å². The monoisotopic (exact) mass is 279 g/mol. The lowest BCUT2D eigenvalue weighted by Gasteiger charge is -2.23. The fourth-order valence-corrected chi connectivity index (χ4v) is 2.72. The van der Waals surface area contributed by atoms with Crippen LogP contribution in [0.25, 0.3) is 0 Å². The first-order valence-corrected chi connectivity index (χ1v) is 7.20. The Balaban J connectivity index is 2.07. The smallest absolute Gasteiger partial charge is 0.223 e. The lowest BCUT2D eigenvalue weighted by molar-refractivity contribution is -0.122. The summed E-state index contributed by atoms with van der Waals surface area (Å²) in [5, 5.41) is 4.36. The molecule has 1 aliphatic heterocycles. The van der Waals surface area contributed by atoms with Crippen molar-refractivity contribution in [3.8, 4) is 0 Å². The van der Waals surface area contributed by atoms with Gasteiger partial charge in [0.1, 0.15) is 0 Å². The maximum atomic E-state index is 11.5. The van der Waals surface area contributed by atoms with Crippen LogP contribution in [0.5, 0.6) is 0 Å². The number of hydrogen-bond acceptors (Lipinski definition) is 4. The van der Waals surface area contributed by atoms with Gasteiger partial charge in [-0.25, -0.2) is 0 Å².